The highest BCUT2D eigenvalue weighted by atomic mass is 15.2. The van der Waals surface area contributed by atoms with E-state index in [9.17, 15) is 0 Å². The Labute approximate surface area is 176 Å². The minimum Gasteiger partial charge on any atom is -0.397 e. The Bertz CT molecular complexity index is 1080. The van der Waals surface area contributed by atoms with Gasteiger partial charge in [-0.2, -0.15) is 0 Å². The maximum atomic E-state index is 8.79. The van der Waals surface area contributed by atoms with Gasteiger partial charge in [0.1, 0.15) is 5.82 Å². The first-order valence-electron chi connectivity index (χ1n) is 9.96. The van der Waals surface area contributed by atoms with E-state index in [1.807, 2.05) is 30.3 Å². The molecule has 0 aromatic carbocycles. The summed E-state index contributed by atoms with van der Waals surface area (Å²) in [5.74, 6) is 0.808. The average Bonchev–Trinajstić information content (AvgIpc) is 2.79. The molecular formula is C23H25N7. The summed E-state index contributed by atoms with van der Waals surface area (Å²) in [7, 11) is 0. The Balaban J connectivity index is 1.71. The molecule has 0 aliphatic carbocycles. The van der Waals surface area contributed by atoms with Crippen molar-refractivity contribution in [1.29, 1.82) is 5.41 Å². The fraction of sp³-hybridized carbons (Fsp3) is 0.217. The van der Waals surface area contributed by atoms with Gasteiger partial charge in [-0.25, -0.2) is 4.98 Å². The molecule has 7 heteroatoms. The van der Waals surface area contributed by atoms with Gasteiger partial charge in [-0.15, -0.1) is 0 Å². The molecule has 3 aromatic rings. The van der Waals surface area contributed by atoms with E-state index in [1.165, 1.54) is 0 Å². The second-order valence-electron chi connectivity index (χ2n) is 7.44. The average molecular weight is 400 g/mol. The van der Waals surface area contributed by atoms with E-state index in [0.29, 0.717) is 22.6 Å². The summed E-state index contributed by atoms with van der Waals surface area (Å²) >= 11 is 0. The quantitative estimate of drug-likeness (QED) is 0.568. The lowest BCUT2D eigenvalue weighted by Crippen LogP contribution is -2.43. The molecular weight excluding hydrogens is 374 g/mol. The molecule has 0 spiro atoms. The van der Waals surface area contributed by atoms with Crippen LogP contribution in [0, 0.1) is 5.41 Å². The predicted octanol–water partition coefficient (Wildman–Crippen LogP) is 3.11. The molecule has 1 saturated heterocycles. The van der Waals surface area contributed by atoms with Gasteiger partial charge in [0.05, 0.1) is 29.0 Å². The number of piperidine rings is 1. The molecule has 0 amide bonds. The summed E-state index contributed by atoms with van der Waals surface area (Å²) in [5.41, 5.74) is 16.7. The number of nitrogens with one attached hydrogen (secondary N) is 1. The van der Waals surface area contributed by atoms with E-state index < -0.39 is 0 Å². The molecule has 30 heavy (non-hydrogen) atoms. The van der Waals surface area contributed by atoms with Crippen molar-refractivity contribution in [2.45, 2.75) is 18.9 Å². The third kappa shape index (κ3) is 3.92. The molecule has 0 unspecified atom stereocenters. The van der Waals surface area contributed by atoms with Gasteiger partial charge in [0.15, 0.2) is 0 Å². The van der Waals surface area contributed by atoms with Crippen molar-refractivity contribution in [1.82, 2.24) is 15.0 Å². The Morgan fingerprint density at radius 3 is 2.87 bits per heavy atom. The highest BCUT2D eigenvalue weighted by Crippen LogP contribution is 2.26. The number of rotatable bonds is 5. The minimum atomic E-state index is 0.124. The molecule has 1 aliphatic rings. The minimum absolute atomic E-state index is 0.124. The Morgan fingerprint density at radius 1 is 1.27 bits per heavy atom. The standard InChI is InChI=1S/C23H25N7/c1-2-15-7-8-20(29-23(15)30-10-4-6-17(24)14-30)22(26)18-11-21(28-13-19(18)25)16-5-3-9-27-12-16/h2-3,5,7-9,11-13,17,26H,1,4,6,10,14,24-25H2/t17-/m0/s1. The second-order valence-corrected chi connectivity index (χ2v) is 7.44. The molecule has 1 aliphatic heterocycles. The normalized spacial score (nSPS) is 16.3. The maximum Gasteiger partial charge on any atom is 0.136 e. The number of nitrogens with zero attached hydrogens (tertiary/aromatic N) is 4. The zero-order valence-corrected chi connectivity index (χ0v) is 16.8. The molecule has 1 atom stereocenters. The number of hydrogen-bond acceptors (Lipinski definition) is 7. The van der Waals surface area contributed by atoms with Crippen molar-refractivity contribution >= 4 is 23.3 Å². The number of aromatic nitrogens is 3. The lowest BCUT2D eigenvalue weighted by Gasteiger charge is -2.32. The molecule has 0 bridgehead atoms. The van der Waals surface area contributed by atoms with Crippen LogP contribution in [0.15, 0.2) is 55.5 Å². The Hall–Kier alpha value is -3.58. The molecule has 0 radical (unpaired) electrons. The third-order valence-corrected chi connectivity index (χ3v) is 5.30. The van der Waals surface area contributed by atoms with Crippen LogP contribution in [0.2, 0.25) is 0 Å². The fourth-order valence-corrected chi connectivity index (χ4v) is 3.71. The maximum absolute atomic E-state index is 8.79. The van der Waals surface area contributed by atoms with Gasteiger partial charge in [0.25, 0.3) is 0 Å². The SMILES string of the molecule is C=Cc1ccc(C(=N)c2cc(-c3cccnc3)ncc2N)nc1N1CCC[C@H](N)C1. The van der Waals surface area contributed by atoms with Gasteiger partial charge in [0, 0.05) is 48.2 Å². The number of anilines is 2. The van der Waals surface area contributed by atoms with Gasteiger partial charge < -0.3 is 16.4 Å². The van der Waals surface area contributed by atoms with Crippen LogP contribution in [-0.2, 0) is 0 Å². The number of nitrogens with two attached hydrogens (primary N) is 2. The lowest BCUT2D eigenvalue weighted by atomic mass is 10.0. The van der Waals surface area contributed by atoms with Crippen LogP contribution in [0.5, 0.6) is 0 Å². The van der Waals surface area contributed by atoms with E-state index in [4.69, 9.17) is 21.9 Å². The van der Waals surface area contributed by atoms with E-state index in [0.717, 1.165) is 42.9 Å². The topological polar surface area (TPSA) is 118 Å². The molecule has 4 rings (SSSR count). The van der Waals surface area contributed by atoms with E-state index in [-0.39, 0.29) is 11.8 Å². The number of pyridine rings is 3. The largest absolute Gasteiger partial charge is 0.397 e. The van der Waals surface area contributed by atoms with Crippen LogP contribution >= 0.6 is 0 Å². The summed E-state index contributed by atoms with van der Waals surface area (Å²) in [4.78, 5) is 15.5. The van der Waals surface area contributed by atoms with Crippen LogP contribution in [0.1, 0.15) is 29.7 Å². The van der Waals surface area contributed by atoms with E-state index in [2.05, 4.69) is 21.4 Å². The highest BCUT2D eigenvalue weighted by molar-refractivity contribution is 6.13. The zero-order valence-electron chi connectivity index (χ0n) is 16.8. The van der Waals surface area contributed by atoms with Gasteiger partial charge in [-0.3, -0.25) is 15.4 Å². The van der Waals surface area contributed by atoms with Gasteiger partial charge in [-0.1, -0.05) is 12.7 Å². The van der Waals surface area contributed by atoms with Crippen molar-refractivity contribution in [2.24, 2.45) is 5.73 Å². The summed E-state index contributed by atoms with van der Waals surface area (Å²) in [5, 5.41) is 8.79. The first-order chi connectivity index (χ1) is 14.6. The Morgan fingerprint density at radius 2 is 2.13 bits per heavy atom. The van der Waals surface area contributed by atoms with E-state index >= 15 is 0 Å². The Kier molecular flexibility index (Phi) is 5.54. The highest BCUT2D eigenvalue weighted by Gasteiger charge is 2.21. The zero-order chi connectivity index (χ0) is 21.1. The van der Waals surface area contributed by atoms with Crippen molar-refractivity contribution in [3.05, 3.63) is 72.3 Å². The van der Waals surface area contributed by atoms with Crippen molar-refractivity contribution in [3.63, 3.8) is 0 Å². The van der Waals surface area contributed by atoms with Gasteiger partial charge >= 0.3 is 0 Å². The van der Waals surface area contributed by atoms with Crippen LogP contribution < -0.4 is 16.4 Å². The smallest absolute Gasteiger partial charge is 0.136 e. The molecule has 4 heterocycles. The molecule has 5 N–H and O–H groups in total. The predicted molar refractivity (Wildman–Crippen MR) is 122 cm³/mol. The first-order valence-corrected chi connectivity index (χ1v) is 9.96. The monoisotopic (exact) mass is 399 g/mol. The van der Waals surface area contributed by atoms with Gasteiger partial charge in [-0.05, 0) is 43.2 Å². The number of nitrogen functional groups attached to an aromatic ring is 1. The lowest BCUT2D eigenvalue weighted by molar-refractivity contribution is 0.503. The molecule has 1 fully saturated rings. The van der Waals surface area contributed by atoms with Crippen molar-refractivity contribution in [2.75, 3.05) is 23.7 Å². The summed E-state index contributed by atoms with van der Waals surface area (Å²) < 4.78 is 0. The summed E-state index contributed by atoms with van der Waals surface area (Å²) in [6, 6.07) is 9.49. The van der Waals surface area contributed by atoms with Crippen LogP contribution in [0.25, 0.3) is 17.3 Å². The van der Waals surface area contributed by atoms with Crippen LogP contribution in [-0.4, -0.2) is 39.8 Å². The van der Waals surface area contributed by atoms with Crippen LogP contribution in [0.3, 0.4) is 0 Å². The molecule has 0 saturated carbocycles. The fourth-order valence-electron chi connectivity index (χ4n) is 3.71. The molecule has 3 aromatic heterocycles. The van der Waals surface area contributed by atoms with Crippen molar-refractivity contribution < 1.29 is 0 Å². The third-order valence-electron chi connectivity index (χ3n) is 5.30. The first kappa shape index (κ1) is 19.7. The second kappa shape index (κ2) is 8.42. The summed E-state index contributed by atoms with van der Waals surface area (Å²) in [6.45, 7) is 5.54. The van der Waals surface area contributed by atoms with Gasteiger partial charge in [0.2, 0.25) is 0 Å². The molecule has 7 nitrogen and oxygen atoms in total. The van der Waals surface area contributed by atoms with Crippen LogP contribution in [0.4, 0.5) is 11.5 Å². The van der Waals surface area contributed by atoms with Crippen molar-refractivity contribution in [3.8, 4) is 11.3 Å². The molecule has 152 valence electrons. The summed E-state index contributed by atoms with van der Waals surface area (Å²) in [6.07, 6.45) is 8.85. The van der Waals surface area contributed by atoms with E-state index in [1.54, 1.807) is 24.7 Å². The number of hydrogen-bond donors (Lipinski definition) is 3.